The minimum atomic E-state index is -3.46. The molecule has 31 heavy (non-hydrogen) atoms. The van der Waals surface area contributed by atoms with E-state index in [2.05, 4.69) is 67.3 Å². The van der Waals surface area contributed by atoms with Crippen LogP contribution < -0.4 is 0 Å². The first-order chi connectivity index (χ1) is 14.9. The molecule has 0 N–H and O–H groups in total. The fraction of sp³-hybridized carbons (Fsp3) is 0.308. The molecule has 1 heterocycles. The van der Waals surface area contributed by atoms with Crippen LogP contribution in [0, 0.1) is 20.8 Å². The third kappa shape index (κ3) is 4.59. The SMILES string of the molecule is Cc1ccc(C(c2ccccc2C)N2CCN(S(=O)(=O)c3ccc(C)cc3)CC2)cc1. The zero-order valence-corrected chi connectivity index (χ0v) is 19.3. The Hall–Kier alpha value is -2.47. The second kappa shape index (κ2) is 8.95. The van der Waals surface area contributed by atoms with Gasteiger partial charge in [0, 0.05) is 26.2 Å². The Balaban J connectivity index is 1.59. The van der Waals surface area contributed by atoms with Crippen molar-refractivity contribution in [1.29, 1.82) is 0 Å². The van der Waals surface area contributed by atoms with Crippen LogP contribution in [-0.2, 0) is 10.0 Å². The van der Waals surface area contributed by atoms with Gasteiger partial charge in [0.05, 0.1) is 10.9 Å². The van der Waals surface area contributed by atoms with Crippen LogP contribution in [0.3, 0.4) is 0 Å². The van der Waals surface area contributed by atoms with E-state index in [1.165, 1.54) is 22.3 Å². The molecule has 0 saturated carbocycles. The summed E-state index contributed by atoms with van der Waals surface area (Å²) in [4.78, 5) is 2.79. The number of piperazine rings is 1. The van der Waals surface area contributed by atoms with E-state index in [4.69, 9.17) is 0 Å². The van der Waals surface area contributed by atoms with Crippen LogP contribution in [0.15, 0.2) is 77.7 Å². The summed E-state index contributed by atoms with van der Waals surface area (Å²) < 4.78 is 27.9. The Morgan fingerprint density at radius 2 is 1.26 bits per heavy atom. The molecule has 0 aliphatic carbocycles. The highest BCUT2D eigenvalue weighted by Gasteiger charge is 2.32. The third-order valence-electron chi connectivity index (χ3n) is 6.17. The molecule has 1 saturated heterocycles. The van der Waals surface area contributed by atoms with Crippen LogP contribution >= 0.6 is 0 Å². The lowest BCUT2D eigenvalue weighted by atomic mass is 9.92. The van der Waals surface area contributed by atoms with Crippen molar-refractivity contribution in [3.63, 3.8) is 0 Å². The van der Waals surface area contributed by atoms with Gasteiger partial charge in [-0.05, 0) is 49.6 Å². The summed E-state index contributed by atoms with van der Waals surface area (Å²) in [6.45, 7) is 8.58. The van der Waals surface area contributed by atoms with Crippen molar-refractivity contribution in [1.82, 2.24) is 9.21 Å². The molecule has 1 aliphatic heterocycles. The van der Waals surface area contributed by atoms with E-state index in [1.807, 2.05) is 19.1 Å². The predicted molar refractivity (Wildman–Crippen MR) is 126 cm³/mol. The smallest absolute Gasteiger partial charge is 0.243 e. The number of rotatable bonds is 5. The highest BCUT2D eigenvalue weighted by Crippen LogP contribution is 2.32. The van der Waals surface area contributed by atoms with Gasteiger partial charge in [0.2, 0.25) is 10.0 Å². The zero-order chi connectivity index (χ0) is 22.0. The number of hydrogen-bond donors (Lipinski definition) is 0. The van der Waals surface area contributed by atoms with E-state index in [0.717, 1.165) is 5.56 Å². The summed E-state index contributed by atoms with van der Waals surface area (Å²) in [5.41, 5.74) is 6.07. The van der Waals surface area contributed by atoms with Crippen molar-refractivity contribution in [2.75, 3.05) is 26.2 Å². The Kier molecular flexibility index (Phi) is 6.28. The lowest BCUT2D eigenvalue weighted by molar-refractivity contribution is 0.155. The van der Waals surface area contributed by atoms with E-state index in [0.29, 0.717) is 31.1 Å². The van der Waals surface area contributed by atoms with Crippen LogP contribution in [0.2, 0.25) is 0 Å². The summed E-state index contributed by atoms with van der Waals surface area (Å²) in [5.74, 6) is 0. The van der Waals surface area contributed by atoms with Gasteiger partial charge >= 0.3 is 0 Å². The number of aryl methyl sites for hydroxylation is 3. The van der Waals surface area contributed by atoms with Gasteiger partial charge in [0.15, 0.2) is 0 Å². The molecule has 1 unspecified atom stereocenters. The second-order valence-corrected chi connectivity index (χ2v) is 10.4. The van der Waals surface area contributed by atoms with E-state index in [9.17, 15) is 8.42 Å². The average molecular weight is 435 g/mol. The molecule has 0 radical (unpaired) electrons. The Bertz CT molecular complexity index is 1130. The van der Waals surface area contributed by atoms with Crippen molar-refractivity contribution >= 4 is 10.0 Å². The van der Waals surface area contributed by atoms with Crippen molar-refractivity contribution in [2.24, 2.45) is 0 Å². The van der Waals surface area contributed by atoms with Gasteiger partial charge in [-0.15, -0.1) is 0 Å². The minimum Gasteiger partial charge on any atom is -0.290 e. The van der Waals surface area contributed by atoms with E-state index in [1.54, 1.807) is 16.4 Å². The quantitative estimate of drug-likeness (QED) is 0.584. The van der Waals surface area contributed by atoms with E-state index in [-0.39, 0.29) is 6.04 Å². The van der Waals surface area contributed by atoms with Gasteiger partial charge in [0.1, 0.15) is 0 Å². The van der Waals surface area contributed by atoms with Crippen molar-refractivity contribution in [3.8, 4) is 0 Å². The first-order valence-electron chi connectivity index (χ1n) is 10.8. The van der Waals surface area contributed by atoms with Crippen molar-refractivity contribution in [2.45, 2.75) is 31.7 Å². The van der Waals surface area contributed by atoms with Gasteiger partial charge in [-0.1, -0.05) is 71.8 Å². The summed E-state index contributed by atoms with van der Waals surface area (Å²) in [6.07, 6.45) is 0. The maximum absolute atomic E-state index is 13.1. The monoisotopic (exact) mass is 434 g/mol. The van der Waals surface area contributed by atoms with Crippen LogP contribution in [0.1, 0.15) is 33.9 Å². The summed E-state index contributed by atoms with van der Waals surface area (Å²) in [7, 11) is -3.46. The van der Waals surface area contributed by atoms with Crippen molar-refractivity contribution < 1.29 is 8.42 Å². The molecule has 1 atom stereocenters. The Labute approximate surface area is 186 Å². The number of nitrogens with zero attached hydrogens (tertiary/aromatic N) is 2. The van der Waals surface area contributed by atoms with Crippen molar-refractivity contribution in [3.05, 3.63) is 101 Å². The number of sulfonamides is 1. The summed E-state index contributed by atoms with van der Waals surface area (Å²) in [5, 5.41) is 0. The zero-order valence-electron chi connectivity index (χ0n) is 18.5. The van der Waals surface area contributed by atoms with Crippen LogP contribution in [0.5, 0.6) is 0 Å². The largest absolute Gasteiger partial charge is 0.290 e. The van der Waals surface area contributed by atoms with Gasteiger partial charge < -0.3 is 0 Å². The summed E-state index contributed by atoms with van der Waals surface area (Å²) in [6, 6.07) is 24.4. The van der Waals surface area contributed by atoms with Gasteiger partial charge in [-0.2, -0.15) is 4.31 Å². The standard InChI is InChI=1S/C26H30N2O2S/c1-20-8-12-23(13-9-20)26(25-7-5-4-6-22(25)3)27-16-18-28(19-17-27)31(29,30)24-14-10-21(2)11-15-24/h4-15,26H,16-19H2,1-3H3. The Morgan fingerprint density at radius 1 is 0.710 bits per heavy atom. The highest BCUT2D eigenvalue weighted by atomic mass is 32.2. The normalized spacial score (nSPS) is 16.9. The second-order valence-electron chi connectivity index (χ2n) is 8.42. The molecule has 0 amide bonds. The predicted octanol–water partition coefficient (Wildman–Crippen LogP) is 4.71. The average Bonchev–Trinajstić information content (AvgIpc) is 2.77. The van der Waals surface area contributed by atoms with Crippen LogP contribution in [0.4, 0.5) is 0 Å². The molecule has 0 spiro atoms. The maximum Gasteiger partial charge on any atom is 0.243 e. The third-order valence-corrected chi connectivity index (χ3v) is 8.09. The van der Waals surface area contributed by atoms with Crippen LogP contribution in [0.25, 0.3) is 0 Å². The first kappa shape index (κ1) is 21.8. The molecular formula is C26H30N2O2S. The number of benzene rings is 3. The summed E-state index contributed by atoms with van der Waals surface area (Å²) >= 11 is 0. The van der Waals surface area contributed by atoms with Crippen LogP contribution in [-0.4, -0.2) is 43.8 Å². The minimum absolute atomic E-state index is 0.117. The lowest BCUT2D eigenvalue weighted by Crippen LogP contribution is -2.49. The molecule has 0 aromatic heterocycles. The molecule has 3 aromatic carbocycles. The van der Waals surface area contributed by atoms with Gasteiger partial charge in [0.25, 0.3) is 0 Å². The van der Waals surface area contributed by atoms with E-state index < -0.39 is 10.0 Å². The molecule has 3 aromatic rings. The maximum atomic E-state index is 13.1. The fourth-order valence-electron chi connectivity index (χ4n) is 4.29. The molecular weight excluding hydrogens is 404 g/mol. The first-order valence-corrected chi connectivity index (χ1v) is 12.2. The fourth-order valence-corrected chi connectivity index (χ4v) is 5.71. The molecule has 1 aliphatic rings. The highest BCUT2D eigenvalue weighted by molar-refractivity contribution is 7.89. The molecule has 1 fully saturated rings. The molecule has 5 heteroatoms. The molecule has 0 bridgehead atoms. The Morgan fingerprint density at radius 3 is 1.84 bits per heavy atom. The molecule has 162 valence electrons. The van der Waals surface area contributed by atoms with E-state index >= 15 is 0 Å². The van der Waals surface area contributed by atoms with Gasteiger partial charge in [-0.25, -0.2) is 8.42 Å². The lowest BCUT2D eigenvalue weighted by Gasteiger charge is -2.39. The number of hydrogen-bond acceptors (Lipinski definition) is 3. The van der Waals surface area contributed by atoms with Gasteiger partial charge in [-0.3, -0.25) is 4.90 Å². The molecule has 4 rings (SSSR count). The topological polar surface area (TPSA) is 40.6 Å². The molecule has 4 nitrogen and oxygen atoms in total.